The van der Waals surface area contributed by atoms with E-state index >= 15 is 4.39 Å². The number of carbonyl (C=O) groups excluding carboxylic acids is 1. The first-order chi connectivity index (χ1) is 19.2. The lowest BCUT2D eigenvalue weighted by Gasteiger charge is -2.41. The van der Waals surface area contributed by atoms with Crippen molar-refractivity contribution in [2.45, 2.75) is 64.0 Å². The minimum atomic E-state index is -0.458. The summed E-state index contributed by atoms with van der Waals surface area (Å²) in [5.74, 6) is -0.153. The molecule has 2 aliphatic heterocycles. The minimum absolute atomic E-state index is 0.0441. The molecular formula is C31H39FN4O3S. The number of aliphatic hydroxyl groups is 1. The molecule has 1 fully saturated rings. The van der Waals surface area contributed by atoms with Crippen molar-refractivity contribution in [2.24, 2.45) is 0 Å². The number of piperidine rings is 1. The van der Waals surface area contributed by atoms with Crippen LogP contribution < -0.4 is 19.9 Å². The number of fused-ring (bicyclic) bond motifs is 1. The number of thiazole rings is 1. The van der Waals surface area contributed by atoms with Gasteiger partial charge in [-0.25, -0.2) is 9.37 Å². The molecule has 1 aromatic heterocycles. The summed E-state index contributed by atoms with van der Waals surface area (Å²) in [5.41, 5.74) is 2.92. The van der Waals surface area contributed by atoms with Crippen molar-refractivity contribution in [1.29, 1.82) is 0 Å². The number of hydrogen-bond donors (Lipinski definition) is 2. The Bertz CT molecular complexity index is 1310. The van der Waals surface area contributed by atoms with E-state index < -0.39 is 5.60 Å². The average Bonchev–Trinajstić information content (AvgIpc) is 3.38. The molecule has 0 radical (unpaired) electrons. The first-order valence-electron chi connectivity index (χ1n) is 14.1. The molecule has 2 aromatic carbocycles. The lowest BCUT2D eigenvalue weighted by molar-refractivity contribution is 0.0375. The molecule has 9 heteroatoms. The van der Waals surface area contributed by atoms with Gasteiger partial charge in [-0.2, -0.15) is 0 Å². The molecule has 7 nitrogen and oxygen atoms in total. The van der Waals surface area contributed by atoms with E-state index in [9.17, 15) is 4.79 Å². The summed E-state index contributed by atoms with van der Waals surface area (Å²) in [4.78, 5) is 21.8. The Labute approximate surface area is 240 Å². The van der Waals surface area contributed by atoms with Gasteiger partial charge in [-0.15, -0.1) is 0 Å². The summed E-state index contributed by atoms with van der Waals surface area (Å²) in [7, 11) is 0. The molecule has 2 N–H and O–H groups in total. The zero-order valence-corrected chi connectivity index (χ0v) is 24.4. The molecule has 1 saturated heterocycles. The van der Waals surface area contributed by atoms with Crippen molar-refractivity contribution in [3.8, 4) is 5.75 Å². The molecule has 0 aliphatic carbocycles. The van der Waals surface area contributed by atoms with E-state index in [1.165, 1.54) is 28.5 Å². The van der Waals surface area contributed by atoms with Gasteiger partial charge in [0.2, 0.25) is 0 Å². The van der Waals surface area contributed by atoms with Crippen LogP contribution in [0.4, 0.5) is 15.2 Å². The maximum atomic E-state index is 15.2. The van der Waals surface area contributed by atoms with Gasteiger partial charge in [-0.05, 0) is 35.1 Å². The van der Waals surface area contributed by atoms with E-state index in [-0.39, 0.29) is 23.7 Å². The molecule has 3 aromatic rings. The van der Waals surface area contributed by atoms with Gasteiger partial charge in [0.25, 0.3) is 5.91 Å². The maximum Gasteiger partial charge on any atom is 0.263 e. The summed E-state index contributed by atoms with van der Waals surface area (Å²) in [6.45, 7) is 10.0. The van der Waals surface area contributed by atoms with E-state index in [1.54, 1.807) is 12.3 Å². The van der Waals surface area contributed by atoms with Crippen LogP contribution in [0.15, 0.2) is 48.7 Å². The molecule has 1 amide bonds. The van der Waals surface area contributed by atoms with Crippen LogP contribution in [-0.2, 0) is 12.0 Å². The number of rotatable bonds is 7. The standard InChI is InChI=1S/C31H39FN4O3S/c1-30(2,3)23-10-8-22(9-11-23)21-36-18-14-31(39-27-24(32)6-4-7-25(27)36)12-16-35(17-13-31)29-34-20-26(40-29)28(38)33-15-5-19-37/h4,6-11,20,37H,5,12-19,21H2,1-3H3,(H,33,38). The molecule has 0 saturated carbocycles. The van der Waals surface area contributed by atoms with Gasteiger partial charge >= 0.3 is 0 Å². The summed E-state index contributed by atoms with van der Waals surface area (Å²) in [5, 5.41) is 12.5. The van der Waals surface area contributed by atoms with Crippen LogP contribution in [0.3, 0.4) is 0 Å². The quantitative estimate of drug-likeness (QED) is 0.367. The van der Waals surface area contributed by atoms with Crippen molar-refractivity contribution in [1.82, 2.24) is 10.3 Å². The Kier molecular flexibility index (Phi) is 8.33. The fourth-order valence-corrected chi connectivity index (χ4v) is 6.29. The number of aliphatic hydroxyl groups excluding tert-OH is 1. The topological polar surface area (TPSA) is 77.9 Å². The second-order valence-electron chi connectivity index (χ2n) is 11.8. The van der Waals surface area contributed by atoms with Crippen LogP contribution in [0.1, 0.15) is 67.3 Å². The number of benzene rings is 2. The number of hydrogen-bond acceptors (Lipinski definition) is 7. The number of nitrogens with zero attached hydrogens (tertiary/aromatic N) is 3. The van der Waals surface area contributed by atoms with Gasteiger partial charge in [0, 0.05) is 58.6 Å². The first kappa shape index (κ1) is 28.4. The second-order valence-corrected chi connectivity index (χ2v) is 12.8. The summed E-state index contributed by atoms with van der Waals surface area (Å²) < 4.78 is 21.8. The molecular weight excluding hydrogens is 527 g/mol. The Morgan fingerprint density at radius 1 is 1.12 bits per heavy atom. The van der Waals surface area contributed by atoms with Gasteiger partial charge in [0.15, 0.2) is 16.7 Å². The number of ether oxygens (including phenoxy) is 1. The van der Waals surface area contributed by atoms with Gasteiger partial charge in [0.1, 0.15) is 10.5 Å². The molecule has 0 atom stereocenters. The highest BCUT2D eigenvalue weighted by Crippen LogP contribution is 2.43. The molecule has 214 valence electrons. The van der Waals surface area contributed by atoms with Gasteiger partial charge in [-0.1, -0.05) is 62.4 Å². The number of amides is 1. The molecule has 1 spiro atoms. The molecule has 40 heavy (non-hydrogen) atoms. The second kappa shape index (κ2) is 11.7. The van der Waals surface area contributed by atoms with Crippen LogP contribution in [0.2, 0.25) is 0 Å². The zero-order chi connectivity index (χ0) is 28.3. The molecule has 5 rings (SSSR count). The maximum absolute atomic E-state index is 15.2. The van der Waals surface area contributed by atoms with E-state index in [0.717, 1.165) is 49.7 Å². The van der Waals surface area contributed by atoms with Gasteiger partial charge in [-0.3, -0.25) is 4.79 Å². The monoisotopic (exact) mass is 566 g/mol. The predicted molar refractivity (Wildman–Crippen MR) is 158 cm³/mol. The van der Waals surface area contributed by atoms with E-state index in [4.69, 9.17) is 9.84 Å². The van der Waals surface area contributed by atoms with Crippen LogP contribution in [0.25, 0.3) is 0 Å². The zero-order valence-electron chi connectivity index (χ0n) is 23.6. The summed E-state index contributed by atoms with van der Waals surface area (Å²) >= 11 is 1.37. The number of aromatic nitrogens is 1. The van der Waals surface area contributed by atoms with Crippen molar-refractivity contribution in [2.75, 3.05) is 42.6 Å². The number of carbonyl (C=O) groups is 1. The van der Waals surface area contributed by atoms with E-state index in [1.807, 2.05) is 6.07 Å². The van der Waals surface area contributed by atoms with Crippen LogP contribution in [0, 0.1) is 5.82 Å². The lowest BCUT2D eigenvalue weighted by Crippen LogP contribution is -2.48. The Morgan fingerprint density at radius 2 is 1.85 bits per heavy atom. The van der Waals surface area contributed by atoms with E-state index in [2.05, 4.69) is 65.1 Å². The summed E-state index contributed by atoms with van der Waals surface area (Å²) in [6.07, 6.45) is 4.42. The average molecular weight is 567 g/mol. The third-order valence-electron chi connectivity index (χ3n) is 7.92. The van der Waals surface area contributed by atoms with Crippen molar-refractivity contribution in [3.05, 3.63) is 70.5 Å². The highest BCUT2D eigenvalue weighted by atomic mass is 32.1. The fourth-order valence-electron chi connectivity index (χ4n) is 5.41. The molecule has 3 heterocycles. The molecule has 0 bridgehead atoms. The minimum Gasteiger partial charge on any atom is -0.482 e. The van der Waals surface area contributed by atoms with E-state index in [0.29, 0.717) is 30.1 Å². The number of nitrogens with one attached hydrogen (secondary N) is 1. The third kappa shape index (κ3) is 6.25. The molecule has 2 aliphatic rings. The molecule has 0 unspecified atom stereocenters. The Hall–Kier alpha value is -3.17. The highest BCUT2D eigenvalue weighted by molar-refractivity contribution is 7.17. The van der Waals surface area contributed by atoms with Crippen molar-refractivity contribution in [3.63, 3.8) is 0 Å². The number of halogens is 1. The SMILES string of the molecule is CC(C)(C)c1ccc(CN2CCC3(CCN(c4ncc(C(=O)NCCCO)s4)CC3)Oc3c(F)cccc32)cc1. The third-order valence-corrected chi connectivity index (χ3v) is 8.98. The van der Waals surface area contributed by atoms with Crippen LogP contribution >= 0.6 is 11.3 Å². The Balaban J connectivity index is 1.28. The number of para-hydroxylation sites is 1. The van der Waals surface area contributed by atoms with Crippen molar-refractivity contribution < 1.29 is 19.0 Å². The summed E-state index contributed by atoms with van der Waals surface area (Å²) in [6, 6.07) is 13.9. The lowest BCUT2D eigenvalue weighted by atomic mass is 9.86. The van der Waals surface area contributed by atoms with Gasteiger partial charge < -0.3 is 25.0 Å². The fraction of sp³-hybridized carbons (Fsp3) is 0.484. The number of anilines is 2. The Morgan fingerprint density at radius 3 is 2.55 bits per heavy atom. The highest BCUT2D eigenvalue weighted by Gasteiger charge is 2.41. The predicted octanol–water partition coefficient (Wildman–Crippen LogP) is 5.52. The first-order valence-corrected chi connectivity index (χ1v) is 14.9. The van der Waals surface area contributed by atoms with Crippen LogP contribution in [0.5, 0.6) is 5.75 Å². The normalized spacial score (nSPS) is 16.8. The largest absolute Gasteiger partial charge is 0.482 e. The van der Waals surface area contributed by atoms with Crippen LogP contribution in [-0.4, -0.2) is 54.4 Å². The van der Waals surface area contributed by atoms with Gasteiger partial charge in [0.05, 0.1) is 11.9 Å². The van der Waals surface area contributed by atoms with Crippen molar-refractivity contribution >= 4 is 28.1 Å². The smallest absolute Gasteiger partial charge is 0.263 e.